The molecule has 0 unspecified atom stereocenters. The smallest absolute Gasteiger partial charge is 0.303 e. The third kappa shape index (κ3) is 3.10. The summed E-state index contributed by atoms with van der Waals surface area (Å²) in [4.78, 5) is 21.8. The molecule has 0 aliphatic heterocycles. The van der Waals surface area contributed by atoms with Crippen LogP contribution in [0.1, 0.15) is 24.3 Å². The van der Waals surface area contributed by atoms with Crippen LogP contribution in [0.5, 0.6) is 0 Å². The summed E-state index contributed by atoms with van der Waals surface area (Å²) in [7, 11) is 0. The zero-order valence-corrected chi connectivity index (χ0v) is 10.2. The largest absolute Gasteiger partial charge is 0.481 e. The number of hydrogen-bond acceptors (Lipinski definition) is 2. The molecule has 0 aliphatic carbocycles. The topological polar surface area (TPSA) is 74.6 Å². The molecule has 98 valence electrons. The van der Waals surface area contributed by atoms with Crippen molar-refractivity contribution in [3.8, 4) is 0 Å². The third-order valence-electron chi connectivity index (χ3n) is 3.11. The van der Waals surface area contributed by atoms with Gasteiger partial charge in [-0.2, -0.15) is 0 Å². The Hall–Kier alpha value is -2.36. The second-order valence-electron chi connectivity index (χ2n) is 4.46. The standard InChI is InChI=1S/C15H14O4/c16-14(17)8-11(9-15(18)19)13-7-3-5-10-4-1-2-6-12(10)13/h1-7,11H,8-9H2,(H,16,17)(H,18,19). The molecular formula is C15H14O4. The van der Waals surface area contributed by atoms with E-state index in [-0.39, 0.29) is 12.8 Å². The Morgan fingerprint density at radius 2 is 1.47 bits per heavy atom. The van der Waals surface area contributed by atoms with E-state index in [0.717, 1.165) is 16.3 Å². The Balaban J connectivity index is 2.48. The molecule has 2 aromatic rings. The highest BCUT2D eigenvalue weighted by Gasteiger charge is 2.20. The zero-order chi connectivity index (χ0) is 13.8. The van der Waals surface area contributed by atoms with E-state index < -0.39 is 17.9 Å². The van der Waals surface area contributed by atoms with Crippen molar-refractivity contribution in [3.05, 3.63) is 48.0 Å². The van der Waals surface area contributed by atoms with Gasteiger partial charge in [0, 0.05) is 5.92 Å². The number of aliphatic carboxylic acids is 2. The molecule has 19 heavy (non-hydrogen) atoms. The van der Waals surface area contributed by atoms with Crippen molar-refractivity contribution in [1.82, 2.24) is 0 Å². The van der Waals surface area contributed by atoms with E-state index in [9.17, 15) is 9.59 Å². The highest BCUT2D eigenvalue weighted by molar-refractivity contribution is 5.87. The zero-order valence-electron chi connectivity index (χ0n) is 10.2. The van der Waals surface area contributed by atoms with Gasteiger partial charge in [-0.25, -0.2) is 0 Å². The minimum absolute atomic E-state index is 0.180. The van der Waals surface area contributed by atoms with Crippen molar-refractivity contribution in [2.45, 2.75) is 18.8 Å². The number of rotatable bonds is 5. The fraction of sp³-hybridized carbons (Fsp3) is 0.200. The minimum Gasteiger partial charge on any atom is -0.481 e. The summed E-state index contributed by atoms with van der Waals surface area (Å²) < 4.78 is 0. The number of fused-ring (bicyclic) bond motifs is 1. The lowest BCUT2D eigenvalue weighted by Gasteiger charge is -2.15. The first kappa shape index (κ1) is 13.1. The Morgan fingerprint density at radius 1 is 0.895 bits per heavy atom. The highest BCUT2D eigenvalue weighted by atomic mass is 16.4. The summed E-state index contributed by atoms with van der Waals surface area (Å²) in [6, 6.07) is 13.1. The van der Waals surface area contributed by atoms with Crippen LogP contribution in [-0.2, 0) is 9.59 Å². The van der Waals surface area contributed by atoms with Crippen LogP contribution in [0.3, 0.4) is 0 Å². The molecule has 2 N–H and O–H groups in total. The van der Waals surface area contributed by atoms with Crippen LogP contribution < -0.4 is 0 Å². The molecule has 0 amide bonds. The monoisotopic (exact) mass is 258 g/mol. The number of hydrogen-bond donors (Lipinski definition) is 2. The molecule has 2 aromatic carbocycles. The van der Waals surface area contributed by atoms with Crippen molar-refractivity contribution < 1.29 is 19.8 Å². The summed E-state index contributed by atoms with van der Waals surface area (Å²) in [5.74, 6) is -2.49. The van der Waals surface area contributed by atoms with Gasteiger partial charge in [0.2, 0.25) is 0 Å². The van der Waals surface area contributed by atoms with E-state index in [1.54, 1.807) is 6.07 Å². The number of carbonyl (C=O) groups is 2. The maximum Gasteiger partial charge on any atom is 0.303 e. The van der Waals surface area contributed by atoms with Gasteiger partial charge in [0.15, 0.2) is 0 Å². The van der Waals surface area contributed by atoms with E-state index in [2.05, 4.69) is 0 Å². The second kappa shape index (κ2) is 5.52. The van der Waals surface area contributed by atoms with Gasteiger partial charge in [0.05, 0.1) is 12.8 Å². The van der Waals surface area contributed by atoms with Crippen LogP contribution in [-0.4, -0.2) is 22.2 Å². The van der Waals surface area contributed by atoms with E-state index in [0.29, 0.717) is 0 Å². The van der Waals surface area contributed by atoms with Crippen molar-refractivity contribution >= 4 is 22.7 Å². The lowest BCUT2D eigenvalue weighted by molar-refractivity contribution is -0.139. The molecule has 0 spiro atoms. The number of carboxylic acids is 2. The molecule has 0 heterocycles. The molecule has 4 heteroatoms. The predicted octanol–water partition coefficient (Wildman–Crippen LogP) is 2.87. The van der Waals surface area contributed by atoms with E-state index in [1.807, 2.05) is 36.4 Å². The van der Waals surface area contributed by atoms with Gasteiger partial charge in [0.25, 0.3) is 0 Å². The number of carboxylic acid groups (broad SMARTS) is 2. The first-order chi connectivity index (χ1) is 9.08. The molecule has 0 aliphatic rings. The summed E-state index contributed by atoms with van der Waals surface area (Å²) in [5.41, 5.74) is 0.780. The molecule has 0 radical (unpaired) electrons. The van der Waals surface area contributed by atoms with Crippen molar-refractivity contribution in [1.29, 1.82) is 0 Å². The summed E-state index contributed by atoms with van der Waals surface area (Å²) >= 11 is 0. The second-order valence-corrected chi connectivity index (χ2v) is 4.46. The van der Waals surface area contributed by atoms with E-state index in [1.165, 1.54) is 0 Å². The normalized spacial score (nSPS) is 10.8. The molecule has 0 bridgehead atoms. The Bertz CT molecular complexity index is 597. The fourth-order valence-electron chi connectivity index (χ4n) is 2.32. The van der Waals surface area contributed by atoms with Crippen LogP contribution in [0.15, 0.2) is 42.5 Å². The fourth-order valence-corrected chi connectivity index (χ4v) is 2.32. The molecule has 0 fully saturated rings. The summed E-state index contributed by atoms with van der Waals surface area (Å²) in [5, 5.41) is 19.8. The summed E-state index contributed by atoms with van der Waals surface area (Å²) in [6.07, 6.45) is -0.361. The quantitative estimate of drug-likeness (QED) is 0.864. The van der Waals surface area contributed by atoms with Gasteiger partial charge in [0.1, 0.15) is 0 Å². The van der Waals surface area contributed by atoms with Crippen LogP contribution in [0.25, 0.3) is 10.8 Å². The lowest BCUT2D eigenvalue weighted by atomic mass is 9.88. The molecule has 0 saturated heterocycles. The van der Waals surface area contributed by atoms with Gasteiger partial charge in [-0.15, -0.1) is 0 Å². The average molecular weight is 258 g/mol. The third-order valence-corrected chi connectivity index (χ3v) is 3.11. The first-order valence-electron chi connectivity index (χ1n) is 5.99. The van der Waals surface area contributed by atoms with Crippen molar-refractivity contribution in [2.75, 3.05) is 0 Å². The van der Waals surface area contributed by atoms with Gasteiger partial charge in [-0.05, 0) is 16.3 Å². The van der Waals surface area contributed by atoms with Gasteiger partial charge < -0.3 is 10.2 Å². The Kier molecular flexibility index (Phi) is 3.80. The molecule has 0 aromatic heterocycles. The van der Waals surface area contributed by atoms with Crippen molar-refractivity contribution in [3.63, 3.8) is 0 Å². The molecule has 0 atom stereocenters. The minimum atomic E-state index is -0.987. The maximum absolute atomic E-state index is 10.9. The van der Waals surface area contributed by atoms with Crippen LogP contribution >= 0.6 is 0 Å². The molecule has 0 saturated carbocycles. The lowest BCUT2D eigenvalue weighted by Crippen LogP contribution is -2.11. The summed E-state index contributed by atoms with van der Waals surface area (Å²) in [6.45, 7) is 0. The highest BCUT2D eigenvalue weighted by Crippen LogP contribution is 2.30. The van der Waals surface area contributed by atoms with Crippen molar-refractivity contribution in [2.24, 2.45) is 0 Å². The molecule has 4 nitrogen and oxygen atoms in total. The number of benzene rings is 2. The predicted molar refractivity (Wildman–Crippen MR) is 71.2 cm³/mol. The average Bonchev–Trinajstić information content (AvgIpc) is 2.36. The van der Waals surface area contributed by atoms with Crippen LogP contribution in [0.4, 0.5) is 0 Å². The van der Waals surface area contributed by atoms with Gasteiger partial charge in [-0.3, -0.25) is 9.59 Å². The molecular weight excluding hydrogens is 244 g/mol. The van der Waals surface area contributed by atoms with E-state index in [4.69, 9.17) is 10.2 Å². The van der Waals surface area contributed by atoms with Gasteiger partial charge >= 0.3 is 11.9 Å². The maximum atomic E-state index is 10.9. The van der Waals surface area contributed by atoms with Crippen LogP contribution in [0, 0.1) is 0 Å². The first-order valence-corrected chi connectivity index (χ1v) is 5.99. The van der Waals surface area contributed by atoms with E-state index >= 15 is 0 Å². The Labute approximate surface area is 110 Å². The SMILES string of the molecule is O=C(O)CC(CC(=O)O)c1cccc2ccccc12. The van der Waals surface area contributed by atoms with Gasteiger partial charge in [-0.1, -0.05) is 42.5 Å². The Morgan fingerprint density at radius 3 is 2.11 bits per heavy atom. The molecule has 2 rings (SSSR count). The van der Waals surface area contributed by atoms with Crippen LogP contribution in [0.2, 0.25) is 0 Å².